The maximum Gasteiger partial charge on any atom is 0.186 e. The minimum absolute atomic E-state index is 0.236. The number of rotatable bonds is 33. The summed E-state index contributed by atoms with van der Waals surface area (Å²) in [5, 5.41) is 0. The smallest absolute Gasteiger partial charge is 0.186 e. The summed E-state index contributed by atoms with van der Waals surface area (Å²) in [6.45, 7) is 8.97. The molecule has 0 aromatic heterocycles. The van der Waals surface area contributed by atoms with E-state index in [0.717, 1.165) is 17.6 Å². The Morgan fingerprint density at radius 2 is 0.650 bits per heavy atom. The van der Waals surface area contributed by atoms with Gasteiger partial charge in [0.15, 0.2) is 5.96 Å². The first kappa shape index (κ1) is 39.2. The first-order valence-electron chi connectivity index (χ1n) is 18.4. The van der Waals surface area contributed by atoms with Gasteiger partial charge in [-0.15, -0.1) is 0 Å². The molecule has 0 spiro atoms. The maximum absolute atomic E-state index is 5.60. The predicted octanol–water partition coefficient (Wildman–Crippen LogP) is 10.7. The first-order valence-corrected chi connectivity index (χ1v) is 18.4. The van der Waals surface area contributed by atoms with Gasteiger partial charge in [-0.2, -0.15) is 0 Å². The third kappa shape index (κ3) is 30.2. The Labute approximate surface area is 253 Å². The number of nitrogens with two attached hydrogens (primary N) is 2. The molecule has 0 aliphatic carbocycles. The second-order valence-corrected chi connectivity index (χ2v) is 13.3. The molecule has 40 heavy (non-hydrogen) atoms. The fourth-order valence-electron chi connectivity index (χ4n) is 6.13. The van der Waals surface area contributed by atoms with Crippen LogP contribution in [0.1, 0.15) is 194 Å². The van der Waals surface area contributed by atoms with Crippen molar-refractivity contribution >= 4 is 5.96 Å². The van der Waals surface area contributed by atoms with Gasteiger partial charge < -0.3 is 16.0 Å². The van der Waals surface area contributed by atoms with Crippen molar-refractivity contribution in [2.24, 2.45) is 16.5 Å². The van der Waals surface area contributed by atoms with Gasteiger partial charge in [0.2, 0.25) is 0 Å². The molecule has 4 N–H and O–H groups in total. The molecule has 0 atom stereocenters. The van der Waals surface area contributed by atoms with Crippen LogP contribution in [0.3, 0.4) is 0 Å². The molecule has 0 fully saturated rings. The Kier molecular flexibility index (Phi) is 30.6. The van der Waals surface area contributed by atoms with E-state index in [1.807, 2.05) is 0 Å². The normalized spacial score (nSPS) is 11.8. The number of hydrogen-bond donors (Lipinski definition) is 2. The number of unbranched alkanes of at least 4 members (excludes halogenated alkanes) is 26. The summed E-state index contributed by atoms with van der Waals surface area (Å²) in [4.78, 5) is 4.30. The molecule has 0 aliphatic heterocycles. The van der Waals surface area contributed by atoms with Crippen LogP contribution >= 0.6 is 0 Å². The van der Waals surface area contributed by atoms with Crippen molar-refractivity contribution in [2.45, 2.75) is 194 Å². The average molecular weight is 566 g/mol. The standard InChI is InChI=1S/C36H77N4/c1-4-6-8-10-12-14-16-18-20-22-24-26-28-30-33-40(3,35-32-39-36(37)38)34-31-29-27-25-23-21-19-17-15-13-11-9-7-5-2/h4-35H2,1-3H3,(H4,37,38,39)/q+1. The predicted molar refractivity (Wildman–Crippen MR) is 182 cm³/mol. The minimum Gasteiger partial charge on any atom is -0.370 e. The van der Waals surface area contributed by atoms with Gasteiger partial charge in [0, 0.05) is 0 Å². The van der Waals surface area contributed by atoms with Gasteiger partial charge >= 0.3 is 0 Å². The van der Waals surface area contributed by atoms with Crippen molar-refractivity contribution in [2.75, 3.05) is 33.2 Å². The Balaban J connectivity index is 3.82. The zero-order chi connectivity index (χ0) is 29.4. The lowest BCUT2D eigenvalue weighted by Gasteiger charge is -2.34. The van der Waals surface area contributed by atoms with Gasteiger partial charge in [0.25, 0.3) is 0 Å². The third-order valence-corrected chi connectivity index (χ3v) is 9.04. The van der Waals surface area contributed by atoms with Crippen molar-refractivity contribution in [1.29, 1.82) is 0 Å². The van der Waals surface area contributed by atoms with E-state index in [1.54, 1.807) is 0 Å². The highest BCUT2D eigenvalue weighted by Crippen LogP contribution is 2.16. The third-order valence-electron chi connectivity index (χ3n) is 9.04. The van der Waals surface area contributed by atoms with Crippen molar-refractivity contribution in [1.82, 2.24) is 0 Å². The summed E-state index contributed by atoms with van der Waals surface area (Å²) >= 11 is 0. The zero-order valence-electron chi connectivity index (χ0n) is 28.2. The fraction of sp³-hybridized carbons (Fsp3) is 0.972. The highest BCUT2D eigenvalue weighted by molar-refractivity contribution is 5.75. The lowest BCUT2D eigenvalue weighted by atomic mass is 10.0. The molecule has 4 nitrogen and oxygen atoms in total. The monoisotopic (exact) mass is 566 g/mol. The summed E-state index contributed by atoms with van der Waals surface area (Å²) in [6.07, 6.45) is 39.9. The Morgan fingerprint density at radius 3 is 0.900 bits per heavy atom. The van der Waals surface area contributed by atoms with Crippen LogP contribution in [0.2, 0.25) is 0 Å². The molecule has 0 heterocycles. The van der Waals surface area contributed by atoms with Crippen LogP contribution in [0, 0.1) is 0 Å². The van der Waals surface area contributed by atoms with Gasteiger partial charge in [0.05, 0.1) is 33.2 Å². The number of hydrogen-bond acceptors (Lipinski definition) is 1. The van der Waals surface area contributed by atoms with Crippen LogP contribution in [-0.2, 0) is 0 Å². The molecule has 0 unspecified atom stereocenters. The van der Waals surface area contributed by atoms with Gasteiger partial charge in [-0.3, -0.25) is 0 Å². The lowest BCUT2D eigenvalue weighted by molar-refractivity contribution is -0.908. The van der Waals surface area contributed by atoms with E-state index in [1.165, 1.54) is 193 Å². The fourth-order valence-corrected chi connectivity index (χ4v) is 6.13. The summed E-state index contributed by atoms with van der Waals surface area (Å²) in [6, 6.07) is 0. The maximum atomic E-state index is 5.60. The Morgan fingerprint density at radius 1 is 0.400 bits per heavy atom. The van der Waals surface area contributed by atoms with E-state index in [0.29, 0.717) is 0 Å². The minimum atomic E-state index is 0.236. The van der Waals surface area contributed by atoms with Crippen LogP contribution in [0.15, 0.2) is 4.99 Å². The van der Waals surface area contributed by atoms with Gasteiger partial charge in [0.1, 0.15) is 0 Å². The quantitative estimate of drug-likeness (QED) is 0.0360. The highest BCUT2D eigenvalue weighted by atomic mass is 15.3. The summed E-state index contributed by atoms with van der Waals surface area (Å²) in [7, 11) is 2.44. The molecule has 0 bridgehead atoms. The van der Waals surface area contributed by atoms with Crippen molar-refractivity contribution in [3.63, 3.8) is 0 Å². The van der Waals surface area contributed by atoms with Crippen LogP contribution in [0.25, 0.3) is 0 Å². The van der Waals surface area contributed by atoms with Crippen LogP contribution in [-0.4, -0.2) is 43.7 Å². The average Bonchev–Trinajstić information content (AvgIpc) is 2.93. The molecular weight excluding hydrogens is 488 g/mol. The number of guanidine groups is 1. The van der Waals surface area contributed by atoms with Gasteiger partial charge in [-0.05, 0) is 25.7 Å². The van der Waals surface area contributed by atoms with Crippen molar-refractivity contribution < 1.29 is 4.48 Å². The van der Waals surface area contributed by atoms with E-state index in [9.17, 15) is 0 Å². The molecule has 0 rings (SSSR count). The number of aliphatic imine (C=N–C) groups is 1. The summed E-state index contributed by atoms with van der Waals surface area (Å²) in [5.74, 6) is 0.236. The molecule has 0 saturated carbocycles. The number of nitrogens with zero attached hydrogens (tertiary/aromatic N) is 2. The molecule has 0 aromatic rings. The van der Waals surface area contributed by atoms with E-state index < -0.39 is 0 Å². The molecule has 0 saturated heterocycles. The van der Waals surface area contributed by atoms with E-state index in [-0.39, 0.29) is 5.96 Å². The lowest BCUT2D eigenvalue weighted by Crippen LogP contribution is -2.47. The molecule has 0 radical (unpaired) electrons. The molecule has 240 valence electrons. The van der Waals surface area contributed by atoms with Gasteiger partial charge in [-0.25, -0.2) is 4.99 Å². The van der Waals surface area contributed by atoms with Crippen LogP contribution in [0.4, 0.5) is 0 Å². The van der Waals surface area contributed by atoms with Crippen LogP contribution < -0.4 is 11.5 Å². The molecule has 0 amide bonds. The number of quaternary nitrogens is 1. The molecule has 0 aliphatic rings. The van der Waals surface area contributed by atoms with Crippen LogP contribution in [0.5, 0.6) is 0 Å². The number of likely N-dealkylation sites (N-methyl/N-ethyl adjacent to an activating group) is 1. The Hall–Kier alpha value is -0.770. The van der Waals surface area contributed by atoms with E-state index >= 15 is 0 Å². The molecule has 0 aromatic carbocycles. The zero-order valence-corrected chi connectivity index (χ0v) is 28.2. The summed E-state index contributed by atoms with van der Waals surface area (Å²) < 4.78 is 1.13. The van der Waals surface area contributed by atoms with Crippen molar-refractivity contribution in [3.05, 3.63) is 0 Å². The second-order valence-electron chi connectivity index (χ2n) is 13.3. The Bertz CT molecular complexity index is 483. The van der Waals surface area contributed by atoms with E-state index in [4.69, 9.17) is 11.5 Å². The largest absolute Gasteiger partial charge is 0.370 e. The van der Waals surface area contributed by atoms with E-state index in [2.05, 4.69) is 25.9 Å². The first-order chi connectivity index (χ1) is 19.5. The van der Waals surface area contributed by atoms with Crippen molar-refractivity contribution in [3.8, 4) is 0 Å². The SMILES string of the molecule is CCCCCCCCCCCCCCCC[N+](C)(CCCCCCCCCCCCCCCC)CCN=C(N)N. The summed E-state index contributed by atoms with van der Waals surface area (Å²) in [5.41, 5.74) is 11.2. The topological polar surface area (TPSA) is 64.4 Å². The molecule has 4 heteroatoms. The second kappa shape index (κ2) is 31.2. The molecular formula is C36H77N4+. The van der Waals surface area contributed by atoms with Gasteiger partial charge in [-0.1, -0.05) is 168 Å². The highest BCUT2D eigenvalue weighted by Gasteiger charge is 2.20.